The van der Waals surface area contributed by atoms with Gasteiger partial charge in [0, 0.05) is 0 Å². The second-order valence-electron chi connectivity index (χ2n) is 4.86. The minimum atomic E-state index is -0.698. The normalized spacial score (nSPS) is 19.2. The monoisotopic (exact) mass is 257 g/mol. The highest BCUT2D eigenvalue weighted by molar-refractivity contribution is 5.86. The van der Waals surface area contributed by atoms with Crippen molar-refractivity contribution in [2.75, 3.05) is 0 Å². The number of hydroxylamine groups is 1. The zero-order chi connectivity index (χ0) is 13.5. The third-order valence-corrected chi connectivity index (χ3v) is 3.42. The average Bonchev–Trinajstić information content (AvgIpc) is 2.85. The maximum Gasteiger partial charge on any atom is 0.312 e. The summed E-state index contributed by atoms with van der Waals surface area (Å²) in [4.78, 5) is 28.1. The molecule has 0 aromatic heterocycles. The van der Waals surface area contributed by atoms with Crippen molar-refractivity contribution >= 4 is 11.9 Å². The molecule has 0 bridgehead atoms. The van der Waals surface area contributed by atoms with Crippen LogP contribution in [0.2, 0.25) is 0 Å². The van der Waals surface area contributed by atoms with Crippen molar-refractivity contribution in [3.63, 3.8) is 0 Å². The lowest BCUT2D eigenvalue weighted by molar-refractivity contribution is -0.141. The molecule has 4 N–H and O–H groups in total. The van der Waals surface area contributed by atoms with E-state index in [1.165, 1.54) is 0 Å². The zero-order valence-electron chi connectivity index (χ0n) is 11.1. The minimum absolute atomic E-state index is 0.00433. The summed E-state index contributed by atoms with van der Waals surface area (Å²) in [5.41, 5.74) is 7.51. The molecule has 1 fully saturated rings. The van der Waals surface area contributed by atoms with Gasteiger partial charge in [0.25, 0.3) is 5.91 Å². The van der Waals surface area contributed by atoms with Crippen molar-refractivity contribution in [3.8, 4) is 0 Å². The van der Waals surface area contributed by atoms with E-state index in [9.17, 15) is 9.59 Å². The number of rotatable bonds is 6. The van der Waals surface area contributed by atoms with Crippen LogP contribution in [0, 0.1) is 5.92 Å². The molecule has 0 aliphatic heterocycles. The molecule has 0 saturated heterocycles. The fourth-order valence-electron chi connectivity index (χ4n) is 2.07. The second kappa shape index (κ2) is 7.20. The van der Waals surface area contributed by atoms with Gasteiger partial charge in [-0.1, -0.05) is 33.1 Å². The number of amides is 3. The van der Waals surface area contributed by atoms with Gasteiger partial charge in [-0.15, -0.1) is 0 Å². The van der Waals surface area contributed by atoms with Crippen LogP contribution in [-0.4, -0.2) is 24.1 Å². The quantitative estimate of drug-likeness (QED) is 0.621. The van der Waals surface area contributed by atoms with Crippen LogP contribution in [-0.2, 0) is 9.63 Å². The van der Waals surface area contributed by atoms with E-state index in [4.69, 9.17) is 10.6 Å². The molecule has 6 nitrogen and oxygen atoms in total. The number of urea groups is 1. The van der Waals surface area contributed by atoms with Crippen LogP contribution in [0.5, 0.6) is 0 Å². The van der Waals surface area contributed by atoms with Crippen LogP contribution in [0.15, 0.2) is 0 Å². The van der Waals surface area contributed by atoms with Crippen LogP contribution in [0.1, 0.15) is 46.0 Å². The van der Waals surface area contributed by atoms with Gasteiger partial charge < -0.3 is 11.1 Å². The summed E-state index contributed by atoms with van der Waals surface area (Å²) < 4.78 is 0. The van der Waals surface area contributed by atoms with Crippen LogP contribution < -0.4 is 16.5 Å². The van der Waals surface area contributed by atoms with Gasteiger partial charge in [0.2, 0.25) is 0 Å². The van der Waals surface area contributed by atoms with E-state index < -0.39 is 12.1 Å². The Morgan fingerprint density at radius 2 is 2.00 bits per heavy atom. The topological polar surface area (TPSA) is 93.5 Å². The molecule has 0 spiro atoms. The fraction of sp³-hybridized carbons (Fsp3) is 0.833. The predicted octanol–water partition coefficient (Wildman–Crippen LogP) is 1.06. The smallest absolute Gasteiger partial charge is 0.312 e. The van der Waals surface area contributed by atoms with Gasteiger partial charge in [0.1, 0.15) is 6.04 Å². The highest BCUT2D eigenvalue weighted by Gasteiger charge is 2.26. The highest BCUT2D eigenvalue weighted by atomic mass is 16.7. The summed E-state index contributed by atoms with van der Waals surface area (Å²) in [5, 5.41) is 2.45. The van der Waals surface area contributed by atoms with Gasteiger partial charge in [-0.2, -0.15) is 0 Å². The Morgan fingerprint density at radius 3 is 2.50 bits per heavy atom. The van der Waals surface area contributed by atoms with Gasteiger partial charge in [0.05, 0.1) is 6.10 Å². The van der Waals surface area contributed by atoms with Gasteiger partial charge in [-0.05, 0) is 18.8 Å². The fourth-order valence-corrected chi connectivity index (χ4v) is 2.07. The standard InChI is InChI=1S/C12H23N3O3/c1-3-8(2)10(14-12(13)17)11(16)15-18-9-6-4-5-7-9/h8-10H,3-7H2,1-2H3,(H,15,16)(H3,13,14,17). The maximum absolute atomic E-state index is 11.9. The van der Waals surface area contributed by atoms with E-state index in [0.717, 1.165) is 32.1 Å². The Balaban J connectivity index is 2.44. The van der Waals surface area contributed by atoms with Crippen LogP contribution in [0.4, 0.5) is 4.79 Å². The predicted molar refractivity (Wildman–Crippen MR) is 67.4 cm³/mol. The maximum atomic E-state index is 11.9. The van der Waals surface area contributed by atoms with Gasteiger partial charge in [-0.3, -0.25) is 9.63 Å². The summed E-state index contributed by atoms with van der Waals surface area (Å²) in [6.45, 7) is 3.83. The molecule has 104 valence electrons. The highest BCUT2D eigenvalue weighted by Crippen LogP contribution is 2.20. The minimum Gasteiger partial charge on any atom is -0.352 e. The summed E-state index contributed by atoms with van der Waals surface area (Å²) >= 11 is 0. The first kappa shape index (κ1) is 14.8. The first-order valence-electron chi connectivity index (χ1n) is 6.56. The Kier molecular flexibility index (Phi) is 5.91. The summed E-state index contributed by atoms with van der Waals surface area (Å²) in [5.74, 6) is -0.334. The molecule has 0 heterocycles. The third kappa shape index (κ3) is 4.52. The number of primary amides is 1. The SMILES string of the molecule is CCC(C)C(NC(N)=O)C(=O)NOC1CCCC1. The van der Waals surface area contributed by atoms with E-state index in [1.807, 2.05) is 13.8 Å². The number of hydrogen-bond acceptors (Lipinski definition) is 3. The first-order valence-corrected chi connectivity index (χ1v) is 6.56. The summed E-state index contributed by atoms with van der Waals surface area (Å²) in [6.07, 6.45) is 5.07. The third-order valence-electron chi connectivity index (χ3n) is 3.42. The molecule has 18 heavy (non-hydrogen) atoms. The molecule has 0 radical (unpaired) electrons. The largest absolute Gasteiger partial charge is 0.352 e. The molecule has 6 heteroatoms. The van der Waals surface area contributed by atoms with Crippen molar-refractivity contribution in [1.82, 2.24) is 10.8 Å². The van der Waals surface area contributed by atoms with Gasteiger partial charge >= 0.3 is 6.03 Å². The second-order valence-corrected chi connectivity index (χ2v) is 4.86. The molecule has 1 aliphatic rings. The van der Waals surface area contributed by atoms with Gasteiger partial charge in [0.15, 0.2) is 0 Å². The van der Waals surface area contributed by atoms with E-state index in [-0.39, 0.29) is 17.9 Å². The molecule has 2 atom stereocenters. The van der Waals surface area contributed by atoms with Crippen LogP contribution in [0.25, 0.3) is 0 Å². The number of carbonyl (C=O) groups excluding carboxylic acids is 2. The Bertz CT molecular complexity index is 290. The summed E-state index contributed by atoms with van der Waals surface area (Å²) in [6, 6.07) is -1.34. The van der Waals surface area contributed by atoms with Crippen LogP contribution in [0.3, 0.4) is 0 Å². The number of nitrogens with one attached hydrogen (secondary N) is 2. The Labute approximate surface area is 108 Å². The van der Waals surface area contributed by atoms with Gasteiger partial charge in [-0.25, -0.2) is 10.3 Å². The Morgan fingerprint density at radius 1 is 1.39 bits per heavy atom. The van der Waals surface area contributed by atoms with Crippen molar-refractivity contribution in [2.45, 2.75) is 58.1 Å². The van der Waals surface area contributed by atoms with E-state index in [0.29, 0.717) is 0 Å². The molecule has 3 amide bonds. The lowest BCUT2D eigenvalue weighted by Gasteiger charge is -2.23. The molecular formula is C12H23N3O3. The van der Waals surface area contributed by atoms with E-state index in [1.54, 1.807) is 0 Å². The van der Waals surface area contributed by atoms with E-state index in [2.05, 4.69) is 10.8 Å². The first-order chi connectivity index (χ1) is 8.54. The number of hydrogen-bond donors (Lipinski definition) is 3. The van der Waals surface area contributed by atoms with Crippen molar-refractivity contribution in [1.29, 1.82) is 0 Å². The molecule has 1 saturated carbocycles. The van der Waals surface area contributed by atoms with Crippen LogP contribution >= 0.6 is 0 Å². The van der Waals surface area contributed by atoms with E-state index >= 15 is 0 Å². The molecule has 2 unspecified atom stereocenters. The molecule has 0 aromatic carbocycles. The average molecular weight is 257 g/mol. The molecule has 1 aliphatic carbocycles. The molecule has 1 rings (SSSR count). The molecular weight excluding hydrogens is 234 g/mol. The number of carbonyl (C=O) groups is 2. The van der Waals surface area contributed by atoms with Crippen molar-refractivity contribution in [3.05, 3.63) is 0 Å². The lowest BCUT2D eigenvalue weighted by Crippen LogP contribution is -2.52. The van der Waals surface area contributed by atoms with Crippen molar-refractivity contribution in [2.24, 2.45) is 11.7 Å². The molecule has 0 aromatic rings. The Hall–Kier alpha value is -1.30. The summed E-state index contributed by atoms with van der Waals surface area (Å²) in [7, 11) is 0. The zero-order valence-corrected chi connectivity index (χ0v) is 11.1. The lowest BCUT2D eigenvalue weighted by atomic mass is 9.99. The van der Waals surface area contributed by atoms with Crippen molar-refractivity contribution < 1.29 is 14.4 Å². The number of nitrogens with two attached hydrogens (primary N) is 1.